The van der Waals surface area contributed by atoms with Crippen molar-refractivity contribution >= 4 is 12.0 Å². The molecule has 0 unspecified atom stereocenters. The largest absolute Gasteiger partial charge is 0.242 e. The van der Waals surface area contributed by atoms with Crippen molar-refractivity contribution in [3.63, 3.8) is 0 Å². The fourth-order valence-corrected chi connectivity index (χ4v) is 5.00. The molecule has 1 aromatic carbocycles. The van der Waals surface area contributed by atoms with Crippen LogP contribution in [-0.2, 0) is 0 Å². The summed E-state index contributed by atoms with van der Waals surface area (Å²) < 4.78 is 0. The first-order chi connectivity index (χ1) is 16.6. The highest BCUT2D eigenvalue weighted by Gasteiger charge is 2.25. The van der Waals surface area contributed by atoms with Gasteiger partial charge in [-0.25, -0.2) is 10.5 Å². The van der Waals surface area contributed by atoms with Crippen LogP contribution in [0.2, 0.25) is 0 Å². The Hall–Kier alpha value is -1.55. The highest BCUT2D eigenvalue weighted by atomic mass is 15.9. The maximum absolute atomic E-state index is 4.39. The molecule has 2 rings (SSSR count). The summed E-state index contributed by atoms with van der Waals surface area (Å²) in [6.45, 7) is 12.4. The molecular weight excluding hydrogens is 416 g/mol. The van der Waals surface area contributed by atoms with Crippen molar-refractivity contribution in [2.45, 2.75) is 143 Å². The monoisotopic (exact) mass is 470 g/mol. The van der Waals surface area contributed by atoms with Gasteiger partial charge in [-0.15, -0.1) is 5.12 Å². The smallest absolute Gasteiger partial charge is 0.133 e. The highest BCUT2D eigenvalue weighted by molar-refractivity contribution is 5.82. The summed E-state index contributed by atoms with van der Waals surface area (Å²) in [5.74, 6) is 0.964. The molecule has 0 saturated carbocycles. The summed E-state index contributed by atoms with van der Waals surface area (Å²) in [7, 11) is 0. The van der Waals surface area contributed by atoms with Crippen molar-refractivity contribution < 1.29 is 0 Å². The van der Waals surface area contributed by atoms with Gasteiger partial charge in [0.2, 0.25) is 0 Å². The molecule has 4 heteroatoms. The van der Waals surface area contributed by atoms with Crippen molar-refractivity contribution in [1.82, 2.24) is 10.7 Å². The summed E-state index contributed by atoms with van der Waals surface area (Å²) in [5, 5.41) is 8.82. The van der Waals surface area contributed by atoms with E-state index in [4.69, 9.17) is 0 Å². The first kappa shape index (κ1) is 28.7. The van der Waals surface area contributed by atoms with Crippen LogP contribution in [0, 0.1) is 0 Å². The molecule has 0 saturated heterocycles. The first-order valence-corrected chi connectivity index (χ1v) is 14.5. The number of benzene rings is 1. The van der Waals surface area contributed by atoms with E-state index in [0.717, 1.165) is 6.54 Å². The molecule has 1 aliphatic rings. The van der Waals surface area contributed by atoms with Gasteiger partial charge in [-0.3, -0.25) is 0 Å². The number of para-hydroxylation sites is 1. The van der Waals surface area contributed by atoms with E-state index in [0.29, 0.717) is 11.8 Å². The molecule has 1 N–H and O–H groups in total. The van der Waals surface area contributed by atoms with Crippen LogP contribution in [0.1, 0.15) is 154 Å². The van der Waals surface area contributed by atoms with Gasteiger partial charge in [-0.05, 0) is 29.4 Å². The van der Waals surface area contributed by atoms with Crippen LogP contribution in [0.5, 0.6) is 0 Å². The molecule has 0 spiro atoms. The van der Waals surface area contributed by atoms with Gasteiger partial charge in [-0.2, -0.15) is 5.10 Å². The Morgan fingerprint density at radius 3 is 1.56 bits per heavy atom. The Balaban J connectivity index is 1.60. The quantitative estimate of drug-likeness (QED) is 0.204. The van der Waals surface area contributed by atoms with Crippen LogP contribution in [0.3, 0.4) is 0 Å². The zero-order chi connectivity index (χ0) is 24.6. The minimum Gasteiger partial charge on any atom is -0.242 e. The lowest BCUT2D eigenvalue weighted by Crippen LogP contribution is -2.44. The molecule has 0 aromatic heterocycles. The summed E-state index contributed by atoms with van der Waals surface area (Å²) in [6, 6.07) is 6.74. The van der Waals surface area contributed by atoms with Crippen molar-refractivity contribution in [2.24, 2.45) is 5.10 Å². The number of hydrogen-bond acceptors (Lipinski definition) is 4. The number of unbranched alkanes of at least 4 members (excludes halogenated alkanes) is 14. The summed E-state index contributed by atoms with van der Waals surface area (Å²) in [4.78, 5) is 0. The Bertz CT molecular complexity index is 656. The molecule has 34 heavy (non-hydrogen) atoms. The lowest BCUT2D eigenvalue weighted by molar-refractivity contribution is 0.216. The highest BCUT2D eigenvalue weighted by Crippen LogP contribution is 2.36. The van der Waals surface area contributed by atoms with Crippen LogP contribution in [-0.4, -0.2) is 18.0 Å². The zero-order valence-electron chi connectivity index (χ0n) is 23.1. The van der Waals surface area contributed by atoms with Gasteiger partial charge in [-0.1, -0.05) is 143 Å². The Morgan fingerprint density at radius 2 is 1.12 bits per heavy atom. The summed E-state index contributed by atoms with van der Waals surface area (Å²) in [5.41, 5.74) is 7.31. The normalized spacial score (nSPS) is 14.0. The molecule has 4 nitrogen and oxygen atoms in total. The van der Waals surface area contributed by atoms with E-state index in [2.05, 4.69) is 73.6 Å². The number of nitrogens with one attached hydrogen (secondary N) is 1. The van der Waals surface area contributed by atoms with Gasteiger partial charge >= 0.3 is 0 Å². The van der Waals surface area contributed by atoms with Gasteiger partial charge in [0, 0.05) is 6.54 Å². The van der Waals surface area contributed by atoms with Gasteiger partial charge in [0.15, 0.2) is 0 Å². The molecule has 1 heterocycles. The van der Waals surface area contributed by atoms with Gasteiger partial charge in [0.1, 0.15) is 6.34 Å². The van der Waals surface area contributed by atoms with E-state index in [1.165, 1.54) is 113 Å². The van der Waals surface area contributed by atoms with Gasteiger partial charge in [0.25, 0.3) is 0 Å². The van der Waals surface area contributed by atoms with Crippen molar-refractivity contribution in [3.8, 4) is 0 Å². The predicted octanol–water partition coefficient (Wildman–Crippen LogP) is 9.29. The van der Waals surface area contributed by atoms with Crippen molar-refractivity contribution in [3.05, 3.63) is 29.3 Å². The van der Waals surface area contributed by atoms with E-state index in [1.54, 1.807) is 0 Å². The lowest BCUT2D eigenvalue weighted by Gasteiger charge is -2.32. The van der Waals surface area contributed by atoms with Crippen LogP contribution in [0.4, 0.5) is 5.69 Å². The minimum absolute atomic E-state index is 0.482. The molecule has 0 bridgehead atoms. The second kappa shape index (κ2) is 17.0. The van der Waals surface area contributed by atoms with Crippen LogP contribution in [0.15, 0.2) is 23.3 Å². The average Bonchev–Trinajstić information content (AvgIpc) is 3.29. The third-order valence-electron chi connectivity index (χ3n) is 7.15. The SMILES string of the molecule is CCCCCCCCCCCCCCCCCN1NN=CN1c1c(C(C)C)cccc1C(C)C. The molecule has 1 aromatic rings. The topological polar surface area (TPSA) is 30.9 Å². The number of rotatable bonds is 19. The predicted molar refractivity (Wildman–Crippen MR) is 150 cm³/mol. The molecule has 1 aliphatic heterocycles. The molecular formula is C30H54N4. The maximum atomic E-state index is 4.39. The molecule has 0 radical (unpaired) electrons. The third-order valence-corrected chi connectivity index (χ3v) is 7.15. The lowest BCUT2D eigenvalue weighted by atomic mass is 9.92. The Kier molecular flexibility index (Phi) is 14.3. The van der Waals surface area contributed by atoms with Crippen LogP contribution < -0.4 is 10.5 Å². The average molecular weight is 471 g/mol. The van der Waals surface area contributed by atoms with Crippen LogP contribution >= 0.6 is 0 Å². The molecule has 0 aliphatic carbocycles. The standard InChI is InChI=1S/C30H54N4/c1-6-7-8-9-10-11-12-13-14-15-16-17-18-19-20-24-34-32-31-25-33(34)30-28(26(2)3)22-21-23-29(30)27(4)5/h21-23,25-27,32H,6-20,24H2,1-5H3. The fourth-order valence-electron chi connectivity index (χ4n) is 5.00. The molecule has 0 fully saturated rings. The van der Waals surface area contributed by atoms with E-state index in [1.807, 2.05) is 6.34 Å². The third kappa shape index (κ3) is 9.98. The second-order valence-corrected chi connectivity index (χ2v) is 10.9. The summed E-state index contributed by atoms with van der Waals surface area (Å²) in [6.07, 6.45) is 22.9. The number of hydrazone groups is 1. The van der Waals surface area contributed by atoms with Gasteiger partial charge in [0.05, 0.1) is 5.69 Å². The fraction of sp³-hybridized carbons (Fsp3) is 0.767. The second-order valence-electron chi connectivity index (χ2n) is 10.9. The number of nitrogens with zero attached hydrogens (tertiary/aromatic N) is 3. The van der Waals surface area contributed by atoms with E-state index in [-0.39, 0.29) is 0 Å². The minimum atomic E-state index is 0.482. The number of anilines is 1. The maximum Gasteiger partial charge on any atom is 0.133 e. The zero-order valence-corrected chi connectivity index (χ0v) is 23.1. The van der Waals surface area contributed by atoms with Crippen molar-refractivity contribution in [2.75, 3.05) is 11.6 Å². The summed E-state index contributed by atoms with van der Waals surface area (Å²) >= 11 is 0. The first-order valence-electron chi connectivity index (χ1n) is 14.5. The molecule has 194 valence electrons. The van der Waals surface area contributed by atoms with Crippen LogP contribution in [0.25, 0.3) is 0 Å². The Labute approximate surface area is 211 Å². The van der Waals surface area contributed by atoms with Gasteiger partial charge < -0.3 is 0 Å². The van der Waals surface area contributed by atoms with E-state index in [9.17, 15) is 0 Å². The van der Waals surface area contributed by atoms with E-state index >= 15 is 0 Å². The van der Waals surface area contributed by atoms with Crippen molar-refractivity contribution in [1.29, 1.82) is 0 Å². The Morgan fingerprint density at radius 1 is 0.676 bits per heavy atom. The molecule has 0 amide bonds. The number of hydrazine groups is 2. The molecule has 0 atom stereocenters. The van der Waals surface area contributed by atoms with E-state index < -0.39 is 0 Å². The number of hydrogen-bond donors (Lipinski definition) is 1.